The average Bonchev–Trinajstić information content (AvgIpc) is 3.52. The number of carbonyl (C=O) groups excluding carboxylic acids is 1. The molecule has 0 radical (unpaired) electrons. The van der Waals surface area contributed by atoms with E-state index in [0.29, 0.717) is 30.9 Å². The van der Waals surface area contributed by atoms with Gasteiger partial charge in [0.1, 0.15) is 16.3 Å². The Morgan fingerprint density at radius 2 is 1.86 bits per heavy atom. The lowest BCUT2D eigenvalue weighted by Gasteiger charge is -2.13. The van der Waals surface area contributed by atoms with Crippen LogP contribution in [-0.2, 0) is 11.3 Å². The fourth-order valence-corrected chi connectivity index (χ4v) is 5.86. The van der Waals surface area contributed by atoms with E-state index in [-0.39, 0.29) is 23.8 Å². The van der Waals surface area contributed by atoms with E-state index in [1.165, 1.54) is 46.4 Å². The van der Waals surface area contributed by atoms with Crippen LogP contribution in [0.15, 0.2) is 75.2 Å². The summed E-state index contributed by atoms with van der Waals surface area (Å²) in [6.07, 6.45) is 1.54. The number of thioether (sulfide) groups is 1. The van der Waals surface area contributed by atoms with Gasteiger partial charge in [-0.05, 0) is 85.7 Å². The van der Waals surface area contributed by atoms with Gasteiger partial charge in [-0.2, -0.15) is 0 Å². The SMILES string of the molecule is Cc1ccc(-n2c(=S)sc3c(=O)n(-c4ccc(F)cc4)c(SCC(=O)NCc4ccco4)nc32)cc1C. The molecule has 3 heterocycles. The van der Waals surface area contributed by atoms with Gasteiger partial charge in [0, 0.05) is 5.69 Å². The average molecular weight is 553 g/mol. The van der Waals surface area contributed by atoms with Gasteiger partial charge in [-0.15, -0.1) is 0 Å². The number of nitrogens with zero attached hydrogens (tertiary/aromatic N) is 3. The predicted octanol–water partition coefficient (Wildman–Crippen LogP) is 5.72. The van der Waals surface area contributed by atoms with Crippen molar-refractivity contribution in [2.75, 3.05) is 5.75 Å². The molecular formula is C26H21FN4O3S3. The van der Waals surface area contributed by atoms with Crippen LogP contribution >= 0.6 is 35.3 Å². The molecule has 7 nitrogen and oxygen atoms in total. The second kappa shape index (κ2) is 10.4. The molecule has 3 aromatic heterocycles. The summed E-state index contributed by atoms with van der Waals surface area (Å²) in [6.45, 7) is 4.28. The van der Waals surface area contributed by atoms with Gasteiger partial charge in [0.2, 0.25) is 5.91 Å². The Labute approximate surface area is 224 Å². The molecule has 0 bridgehead atoms. The van der Waals surface area contributed by atoms with Gasteiger partial charge in [0.15, 0.2) is 14.8 Å². The smallest absolute Gasteiger partial charge is 0.278 e. The molecule has 1 amide bonds. The van der Waals surface area contributed by atoms with E-state index in [4.69, 9.17) is 21.6 Å². The minimum absolute atomic E-state index is 0.00829. The Morgan fingerprint density at radius 3 is 2.57 bits per heavy atom. The lowest BCUT2D eigenvalue weighted by atomic mass is 10.1. The van der Waals surface area contributed by atoms with Crippen molar-refractivity contribution < 1.29 is 13.6 Å². The van der Waals surface area contributed by atoms with Gasteiger partial charge in [-0.1, -0.05) is 29.2 Å². The summed E-state index contributed by atoms with van der Waals surface area (Å²) >= 11 is 7.92. The fraction of sp³-hybridized carbons (Fsp3) is 0.154. The van der Waals surface area contributed by atoms with Crippen molar-refractivity contribution in [2.45, 2.75) is 25.5 Å². The first-order valence-corrected chi connectivity index (χ1v) is 13.5. The molecule has 188 valence electrons. The van der Waals surface area contributed by atoms with Crippen molar-refractivity contribution in [1.29, 1.82) is 0 Å². The zero-order valence-corrected chi connectivity index (χ0v) is 22.3. The van der Waals surface area contributed by atoms with E-state index in [2.05, 4.69) is 5.32 Å². The number of nitrogens with one attached hydrogen (secondary N) is 1. The van der Waals surface area contributed by atoms with Crippen LogP contribution in [0.1, 0.15) is 16.9 Å². The van der Waals surface area contributed by atoms with Crippen molar-refractivity contribution >= 4 is 51.6 Å². The van der Waals surface area contributed by atoms with Gasteiger partial charge in [0.05, 0.1) is 24.2 Å². The van der Waals surface area contributed by atoms with Crippen LogP contribution < -0.4 is 10.9 Å². The van der Waals surface area contributed by atoms with Crippen molar-refractivity contribution in [3.8, 4) is 11.4 Å². The second-order valence-electron chi connectivity index (χ2n) is 8.28. The zero-order valence-electron chi connectivity index (χ0n) is 19.9. The van der Waals surface area contributed by atoms with E-state index < -0.39 is 5.82 Å². The molecule has 0 unspecified atom stereocenters. The first-order valence-electron chi connectivity index (χ1n) is 11.3. The summed E-state index contributed by atoms with van der Waals surface area (Å²) in [5, 5.41) is 3.08. The maximum atomic E-state index is 13.7. The lowest BCUT2D eigenvalue weighted by molar-refractivity contribution is -0.118. The molecule has 0 saturated heterocycles. The fourth-order valence-electron chi connectivity index (χ4n) is 3.72. The molecule has 5 aromatic rings. The summed E-state index contributed by atoms with van der Waals surface area (Å²) < 4.78 is 22.9. The normalized spacial score (nSPS) is 11.2. The molecule has 0 saturated carbocycles. The highest BCUT2D eigenvalue weighted by Crippen LogP contribution is 2.28. The number of aromatic nitrogens is 3. The third-order valence-corrected chi connectivity index (χ3v) is 8.07. The monoisotopic (exact) mass is 552 g/mol. The van der Waals surface area contributed by atoms with Crippen LogP contribution in [0.5, 0.6) is 0 Å². The van der Waals surface area contributed by atoms with Crippen molar-refractivity contribution in [2.24, 2.45) is 0 Å². The lowest BCUT2D eigenvalue weighted by Crippen LogP contribution is -2.26. The van der Waals surface area contributed by atoms with Crippen LogP contribution in [0.3, 0.4) is 0 Å². The number of aryl methyl sites for hydroxylation is 2. The Morgan fingerprint density at radius 1 is 1.11 bits per heavy atom. The molecular weight excluding hydrogens is 532 g/mol. The second-order valence-corrected chi connectivity index (χ2v) is 10.9. The van der Waals surface area contributed by atoms with Crippen LogP contribution in [0.25, 0.3) is 21.7 Å². The standard InChI is InChI=1S/C26H21FN4O3S3/c1-15-5-8-19(12-16(15)2)30-23-22(37-26(30)35)24(33)31(18-9-6-17(27)7-10-18)25(29-23)36-14-21(32)28-13-20-4-3-11-34-20/h3-12H,13-14H2,1-2H3,(H,28,32). The predicted molar refractivity (Wildman–Crippen MR) is 146 cm³/mol. The van der Waals surface area contributed by atoms with Gasteiger partial charge in [0.25, 0.3) is 5.56 Å². The third-order valence-electron chi connectivity index (χ3n) is 5.78. The first kappa shape index (κ1) is 25.1. The number of amides is 1. The molecule has 5 rings (SSSR count). The van der Waals surface area contributed by atoms with Gasteiger partial charge in [-0.25, -0.2) is 9.37 Å². The van der Waals surface area contributed by atoms with Crippen molar-refractivity contribution in [3.63, 3.8) is 0 Å². The van der Waals surface area contributed by atoms with Crippen molar-refractivity contribution in [1.82, 2.24) is 19.4 Å². The van der Waals surface area contributed by atoms with Crippen LogP contribution in [0.2, 0.25) is 0 Å². The van der Waals surface area contributed by atoms with Crippen LogP contribution in [0.4, 0.5) is 4.39 Å². The quantitative estimate of drug-likeness (QED) is 0.158. The highest BCUT2D eigenvalue weighted by atomic mass is 32.2. The summed E-state index contributed by atoms with van der Waals surface area (Å²) in [4.78, 5) is 31.1. The molecule has 0 spiro atoms. The highest BCUT2D eigenvalue weighted by molar-refractivity contribution is 7.99. The number of hydrogen-bond acceptors (Lipinski definition) is 7. The number of fused-ring (bicyclic) bond motifs is 1. The van der Waals surface area contributed by atoms with Gasteiger partial charge in [-0.3, -0.25) is 18.7 Å². The van der Waals surface area contributed by atoms with E-state index in [9.17, 15) is 14.0 Å². The molecule has 0 aliphatic heterocycles. The molecule has 0 atom stereocenters. The van der Waals surface area contributed by atoms with Gasteiger partial charge >= 0.3 is 0 Å². The van der Waals surface area contributed by atoms with Crippen molar-refractivity contribution in [3.05, 3.63) is 97.9 Å². The Bertz CT molecular complexity index is 1720. The Hall–Kier alpha value is -3.54. The minimum atomic E-state index is -0.422. The maximum absolute atomic E-state index is 13.7. The summed E-state index contributed by atoms with van der Waals surface area (Å²) in [6, 6.07) is 15.0. The van der Waals surface area contributed by atoms with E-state index in [0.717, 1.165) is 28.6 Å². The number of hydrogen-bond donors (Lipinski definition) is 1. The Balaban J connectivity index is 1.59. The van der Waals surface area contributed by atoms with E-state index in [1.807, 2.05) is 32.0 Å². The summed E-state index contributed by atoms with van der Waals surface area (Å²) in [5.41, 5.74) is 3.54. The molecule has 1 N–H and O–H groups in total. The number of furan rings is 1. The number of benzene rings is 2. The molecule has 37 heavy (non-hydrogen) atoms. The molecule has 0 aliphatic rings. The van der Waals surface area contributed by atoms with Gasteiger partial charge < -0.3 is 9.73 Å². The number of carbonyl (C=O) groups is 1. The maximum Gasteiger partial charge on any atom is 0.278 e. The zero-order chi connectivity index (χ0) is 26.1. The number of halogens is 1. The molecule has 11 heteroatoms. The topological polar surface area (TPSA) is 82.1 Å². The summed E-state index contributed by atoms with van der Waals surface area (Å²) in [5.74, 6) is -0.0349. The third kappa shape index (κ3) is 5.15. The molecule has 2 aromatic carbocycles. The van der Waals surface area contributed by atoms with Crippen LogP contribution in [0, 0.1) is 23.6 Å². The minimum Gasteiger partial charge on any atom is -0.467 e. The van der Waals surface area contributed by atoms with E-state index in [1.54, 1.807) is 16.7 Å². The first-order chi connectivity index (χ1) is 17.8. The van der Waals surface area contributed by atoms with E-state index >= 15 is 0 Å². The summed E-state index contributed by atoms with van der Waals surface area (Å²) in [7, 11) is 0. The molecule has 0 aliphatic carbocycles. The highest BCUT2D eigenvalue weighted by Gasteiger charge is 2.20. The number of rotatable bonds is 7. The largest absolute Gasteiger partial charge is 0.467 e. The van der Waals surface area contributed by atoms with Crippen LogP contribution in [-0.4, -0.2) is 25.8 Å². The Kier molecular flexibility index (Phi) is 7.09. The molecule has 0 fully saturated rings. The number of thiazole rings is 1.